The summed E-state index contributed by atoms with van der Waals surface area (Å²) >= 11 is 0. The number of hydrogen-bond acceptors (Lipinski definition) is 4. The summed E-state index contributed by atoms with van der Waals surface area (Å²) in [5.41, 5.74) is 0.993. The van der Waals surface area contributed by atoms with E-state index < -0.39 is 0 Å². The Morgan fingerprint density at radius 1 is 1.45 bits per heavy atom. The van der Waals surface area contributed by atoms with Crippen molar-refractivity contribution in [2.75, 3.05) is 32.1 Å². The van der Waals surface area contributed by atoms with Gasteiger partial charge in [0.25, 0.3) is 0 Å². The van der Waals surface area contributed by atoms with Crippen molar-refractivity contribution >= 4 is 11.8 Å². The molecule has 0 spiro atoms. The van der Waals surface area contributed by atoms with Gasteiger partial charge >= 0.3 is 6.09 Å². The molecule has 1 amide bonds. The number of benzene rings is 1. The van der Waals surface area contributed by atoms with E-state index in [-0.39, 0.29) is 18.7 Å². The Bertz CT molecular complexity index is 462. The molecule has 110 valence electrons. The van der Waals surface area contributed by atoms with Crippen LogP contribution < -0.4 is 9.64 Å². The van der Waals surface area contributed by atoms with Gasteiger partial charge in [-0.3, -0.25) is 0 Å². The fourth-order valence-electron chi connectivity index (χ4n) is 2.45. The standard InChI is InChI=1S/C15H22N2O3/c1-16(2)15(19)20-14-8-5-7-12(10-14)17-9-4-3-6-13(17)11-18/h5,7-8,10,13,18H,3-4,6,9,11H2,1-2H3. The highest BCUT2D eigenvalue weighted by Gasteiger charge is 2.22. The minimum absolute atomic E-state index is 0.154. The van der Waals surface area contributed by atoms with E-state index in [1.165, 1.54) is 4.90 Å². The van der Waals surface area contributed by atoms with Gasteiger partial charge in [-0.25, -0.2) is 4.79 Å². The van der Waals surface area contributed by atoms with E-state index in [2.05, 4.69) is 4.90 Å². The summed E-state index contributed by atoms with van der Waals surface area (Å²) < 4.78 is 5.27. The lowest BCUT2D eigenvalue weighted by atomic mass is 10.0. The lowest BCUT2D eigenvalue weighted by Crippen LogP contribution is -2.41. The molecule has 5 nitrogen and oxygen atoms in total. The van der Waals surface area contributed by atoms with Gasteiger partial charge in [0.1, 0.15) is 5.75 Å². The lowest BCUT2D eigenvalue weighted by Gasteiger charge is -2.36. The molecule has 0 saturated carbocycles. The molecule has 1 heterocycles. The zero-order chi connectivity index (χ0) is 14.5. The third-order valence-electron chi connectivity index (χ3n) is 3.56. The fraction of sp³-hybridized carbons (Fsp3) is 0.533. The van der Waals surface area contributed by atoms with Gasteiger partial charge in [0.05, 0.1) is 12.6 Å². The zero-order valence-corrected chi connectivity index (χ0v) is 12.1. The van der Waals surface area contributed by atoms with Crippen LogP contribution in [0, 0.1) is 0 Å². The van der Waals surface area contributed by atoms with Crippen molar-refractivity contribution in [1.29, 1.82) is 0 Å². The molecule has 1 fully saturated rings. The molecular formula is C15H22N2O3. The van der Waals surface area contributed by atoms with Crippen molar-refractivity contribution in [3.63, 3.8) is 0 Å². The molecule has 20 heavy (non-hydrogen) atoms. The first-order valence-electron chi connectivity index (χ1n) is 6.98. The van der Waals surface area contributed by atoms with Crippen LogP contribution in [0.2, 0.25) is 0 Å². The summed E-state index contributed by atoms with van der Waals surface area (Å²) in [6.07, 6.45) is 2.88. The van der Waals surface area contributed by atoms with Crippen LogP contribution in [0.1, 0.15) is 19.3 Å². The van der Waals surface area contributed by atoms with Crippen molar-refractivity contribution in [3.05, 3.63) is 24.3 Å². The molecule has 0 bridgehead atoms. The van der Waals surface area contributed by atoms with Crippen molar-refractivity contribution in [2.24, 2.45) is 0 Å². The number of hydrogen-bond donors (Lipinski definition) is 1. The van der Waals surface area contributed by atoms with Gasteiger partial charge < -0.3 is 19.6 Å². The van der Waals surface area contributed by atoms with Crippen LogP contribution in [0.3, 0.4) is 0 Å². The Kier molecular flexibility index (Phi) is 4.84. The molecule has 1 N–H and O–H groups in total. The highest BCUT2D eigenvalue weighted by Crippen LogP contribution is 2.27. The number of anilines is 1. The number of piperidine rings is 1. The zero-order valence-electron chi connectivity index (χ0n) is 12.1. The molecule has 1 aliphatic rings. The van der Waals surface area contributed by atoms with Gasteiger partial charge in [0, 0.05) is 32.4 Å². The van der Waals surface area contributed by atoms with Crippen LogP contribution in [-0.2, 0) is 0 Å². The number of nitrogens with zero attached hydrogens (tertiary/aromatic N) is 2. The second kappa shape index (κ2) is 6.61. The maximum absolute atomic E-state index is 11.6. The van der Waals surface area contributed by atoms with E-state index in [0.29, 0.717) is 5.75 Å². The average molecular weight is 278 g/mol. The van der Waals surface area contributed by atoms with Crippen LogP contribution >= 0.6 is 0 Å². The first-order valence-corrected chi connectivity index (χ1v) is 6.98. The number of amides is 1. The SMILES string of the molecule is CN(C)C(=O)Oc1cccc(N2CCCCC2CO)c1. The second-order valence-electron chi connectivity index (χ2n) is 5.29. The minimum Gasteiger partial charge on any atom is -0.410 e. The van der Waals surface area contributed by atoms with E-state index in [1.54, 1.807) is 20.2 Å². The predicted molar refractivity (Wildman–Crippen MR) is 78.2 cm³/mol. The molecule has 1 aromatic rings. The van der Waals surface area contributed by atoms with Crippen LogP contribution in [0.5, 0.6) is 5.75 Å². The Morgan fingerprint density at radius 3 is 2.95 bits per heavy atom. The molecule has 0 radical (unpaired) electrons. The maximum atomic E-state index is 11.6. The monoisotopic (exact) mass is 278 g/mol. The topological polar surface area (TPSA) is 53.0 Å². The lowest BCUT2D eigenvalue weighted by molar-refractivity contribution is 0.172. The van der Waals surface area contributed by atoms with Crippen molar-refractivity contribution < 1.29 is 14.6 Å². The average Bonchev–Trinajstić information content (AvgIpc) is 2.47. The largest absolute Gasteiger partial charge is 0.414 e. The van der Waals surface area contributed by atoms with Crippen molar-refractivity contribution in [2.45, 2.75) is 25.3 Å². The first kappa shape index (κ1) is 14.7. The van der Waals surface area contributed by atoms with Gasteiger partial charge in [-0.2, -0.15) is 0 Å². The Hall–Kier alpha value is -1.75. The third-order valence-corrected chi connectivity index (χ3v) is 3.56. The number of carbonyl (C=O) groups is 1. The Balaban J connectivity index is 2.14. The highest BCUT2D eigenvalue weighted by atomic mass is 16.6. The third kappa shape index (κ3) is 3.42. The molecule has 1 unspecified atom stereocenters. The first-order chi connectivity index (χ1) is 9.61. The molecule has 1 atom stereocenters. The molecule has 0 aromatic heterocycles. The van der Waals surface area contributed by atoms with Crippen LogP contribution in [-0.4, -0.2) is 49.4 Å². The Morgan fingerprint density at radius 2 is 2.25 bits per heavy atom. The smallest absolute Gasteiger partial charge is 0.410 e. The van der Waals surface area contributed by atoms with E-state index >= 15 is 0 Å². The summed E-state index contributed by atoms with van der Waals surface area (Å²) in [7, 11) is 3.30. The quantitative estimate of drug-likeness (QED) is 0.920. The van der Waals surface area contributed by atoms with Crippen molar-refractivity contribution in [1.82, 2.24) is 4.90 Å². The van der Waals surface area contributed by atoms with Crippen LogP contribution in [0.15, 0.2) is 24.3 Å². The molecule has 0 aliphatic carbocycles. The van der Waals surface area contributed by atoms with E-state index in [4.69, 9.17) is 4.74 Å². The van der Waals surface area contributed by atoms with Gasteiger partial charge in [0.15, 0.2) is 0 Å². The summed E-state index contributed by atoms with van der Waals surface area (Å²) in [5, 5.41) is 9.48. The van der Waals surface area contributed by atoms with Crippen molar-refractivity contribution in [3.8, 4) is 5.75 Å². The van der Waals surface area contributed by atoms with Gasteiger partial charge in [-0.05, 0) is 31.4 Å². The number of aliphatic hydroxyl groups is 1. The normalized spacial score (nSPS) is 18.8. The van der Waals surface area contributed by atoms with Gasteiger partial charge in [-0.15, -0.1) is 0 Å². The number of carbonyl (C=O) groups excluding carboxylic acids is 1. The highest BCUT2D eigenvalue weighted by molar-refractivity contribution is 5.70. The van der Waals surface area contributed by atoms with E-state index in [1.807, 2.05) is 18.2 Å². The number of ether oxygens (including phenoxy) is 1. The summed E-state index contributed by atoms with van der Waals surface area (Å²) in [6, 6.07) is 7.64. The molecule has 1 aliphatic heterocycles. The second-order valence-corrected chi connectivity index (χ2v) is 5.29. The Labute approximate surface area is 119 Å². The number of aliphatic hydroxyl groups excluding tert-OH is 1. The molecule has 2 rings (SSSR count). The summed E-state index contributed by atoms with van der Waals surface area (Å²) in [6.45, 7) is 1.08. The molecule has 5 heteroatoms. The van der Waals surface area contributed by atoms with E-state index in [0.717, 1.165) is 31.5 Å². The molecule has 1 saturated heterocycles. The molecular weight excluding hydrogens is 256 g/mol. The fourth-order valence-corrected chi connectivity index (χ4v) is 2.45. The van der Waals surface area contributed by atoms with E-state index in [9.17, 15) is 9.90 Å². The number of rotatable bonds is 3. The predicted octanol–water partition coefficient (Wildman–Crippen LogP) is 2.10. The van der Waals surface area contributed by atoms with Crippen LogP contribution in [0.4, 0.5) is 10.5 Å². The van der Waals surface area contributed by atoms with Gasteiger partial charge in [0.2, 0.25) is 0 Å². The maximum Gasteiger partial charge on any atom is 0.414 e. The summed E-state index contributed by atoms with van der Waals surface area (Å²) in [5.74, 6) is 0.531. The molecule has 1 aromatic carbocycles. The minimum atomic E-state index is -0.389. The summed E-state index contributed by atoms with van der Waals surface area (Å²) in [4.78, 5) is 15.2. The van der Waals surface area contributed by atoms with Gasteiger partial charge in [-0.1, -0.05) is 6.07 Å². The van der Waals surface area contributed by atoms with Crippen LogP contribution in [0.25, 0.3) is 0 Å².